The Labute approximate surface area is 185 Å². The topological polar surface area (TPSA) is 61.9 Å². The predicted molar refractivity (Wildman–Crippen MR) is 124 cm³/mol. The molecular weight excluding hydrogens is 412 g/mol. The van der Waals surface area contributed by atoms with E-state index in [0.717, 1.165) is 53.2 Å². The summed E-state index contributed by atoms with van der Waals surface area (Å²) in [6, 6.07) is 9.84. The second-order valence-electron chi connectivity index (χ2n) is 8.00. The van der Waals surface area contributed by atoms with Crippen LogP contribution in [0.4, 0.5) is 0 Å². The summed E-state index contributed by atoms with van der Waals surface area (Å²) in [4.78, 5) is 22.9. The molecule has 0 N–H and O–H groups in total. The monoisotopic (exact) mass is 438 g/mol. The Balaban J connectivity index is 1.70. The lowest BCUT2D eigenvalue weighted by molar-refractivity contribution is 0.379. The molecule has 3 aromatic rings. The highest BCUT2D eigenvalue weighted by molar-refractivity contribution is 7.98. The zero-order valence-corrected chi connectivity index (χ0v) is 19.1. The molecule has 0 spiro atoms. The summed E-state index contributed by atoms with van der Waals surface area (Å²) in [5.41, 5.74) is 3.09. The smallest absolute Gasteiger partial charge is 0.263 e. The van der Waals surface area contributed by atoms with Crippen LogP contribution in [-0.2, 0) is 25.1 Å². The number of nitriles is 1. The molecule has 156 valence electrons. The molecule has 0 fully saturated rings. The number of hydrogen-bond acceptors (Lipinski definition) is 6. The fourth-order valence-corrected chi connectivity index (χ4v) is 6.22. The van der Waals surface area contributed by atoms with Crippen molar-refractivity contribution in [3.63, 3.8) is 0 Å². The van der Waals surface area contributed by atoms with Gasteiger partial charge < -0.3 is 4.90 Å². The van der Waals surface area contributed by atoms with Crippen molar-refractivity contribution in [3.05, 3.63) is 56.2 Å². The Bertz CT molecular complexity index is 1160. The quantitative estimate of drug-likeness (QED) is 0.403. The van der Waals surface area contributed by atoms with Crippen LogP contribution in [0.3, 0.4) is 0 Å². The Morgan fingerprint density at radius 2 is 2.13 bits per heavy atom. The molecule has 1 aliphatic carbocycles. The minimum atomic E-state index is 0.117. The van der Waals surface area contributed by atoms with Crippen molar-refractivity contribution >= 4 is 33.3 Å². The first kappa shape index (κ1) is 21.1. The predicted octanol–water partition coefficient (Wildman–Crippen LogP) is 4.45. The number of hydrogen-bond donors (Lipinski definition) is 0. The molecule has 2 heterocycles. The van der Waals surface area contributed by atoms with E-state index in [9.17, 15) is 4.79 Å². The molecule has 0 saturated heterocycles. The fourth-order valence-electron chi connectivity index (χ4n) is 3.95. The summed E-state index contributed by atoms with van der Waals surface area (Å²) in [6.45, 7) is 1.60. The minimum Gasteiger partial charge on any atom is -0.309 e. The first-order chi connectivity index (χ1) is 14.6. The first-order valence-electron chi connectivity index (χ1n) is 10.4. The normalized spacial score (nSPS) is 13.5. The van der Waals surface area contributed by atoms with Gasteiger partial charge in [0.1, 0.15) is 4.83 Å². The van der Waals surface area contributed by atoms with Gasteiger partial charge in [-0.1, -0.05) is 23.9 Å². The maximum absolute atomic E-state index is 13.5. The largest absolute Gasteiger partial charge is 0.309 e. The first-order valence-corrected chi connectivity index (χ1v) is 12.2. The second kappa shape index (κ2) is 9.34. The van der Waals surface area contributed by atoms with Crippen LogP contribution in [0.25, 0.3) is 10.2 Å². The third-order valence-electron chi connectivity index (χ3n) is 5.45. The number of thioether (sulfide) groups is 1. The summed E-state index contributed by atoms with van der Waals surface area (Å²) >= 11 is 3.29. The highest BCUT2D eigenvalue weighted by atomic mass is 32.2. The van der Waals surface area contributed by atoms with Gasteiger partial charge in [0.25, 0.3) is 5.56 Å². The Morgan fingerprint density at radius 3 is 2.93 bits per heavy atom. The molecule has 0 saturated carbocycles. The highest BCUT2D eigenvalue weighted by Gasteiger charge is 2.22. The fraction of sp³-hybridized carbons (Fsp3) is 0.435. The molecule has 0 aliphatic heterocycles. The van der Waals surface area contributed by atoms with Gasteiger partial charge in [-0.05, 0) is 76.0 Å². The van der Waals surface area contributed by atoms with Gasteiger partial charge in [-0.2, -0.15) is 5.26 Å². The number of thiophene rings is 1. The van der Waals surface area contributed by atoms with E-state index in [0.29, 0.717) is 17.9 Å². The SMILES string of the molecule is CN(C)CCCn1c(SCc2cccc(C#N)c2)nc2sc3c(c2c1=O)CCCC3. The van der Waals surface area contributed by atoms with Crippen molar-refractivity contribution in [3.8, 4) is 6.07 Å². The van der Waals surface area contributed by atoms with E-state index in [1.165, 1.54) is 16.9 Å². The third-order valence-corrected chi connectivity index (χ3v) is 7.68. The number of nitrogens with zero attached hydrogens (tertiary/aromatic N) is 4. The summed E-state index contributed by atoms with van der Waals surface area (Å²) < 4.78 is 1.88. The molecule has 1 aromatic carbocycles. The van der Waals surface area contributed by atoms with Crippen molar-refractivity contribution in [1.82, 2.24) is 14.5 Å². The molecule has 30 heavy (non-hydrogen) atoms. The van der Waals surface area contributed by atoms with E-state index >= 15 is 0 Å². The second-order valence-corrected chi connectivity index (χ2v) is 10.0. The van der Waals surface area contributed by atoms with Crippen LogP contribution in [-0.4, -0.2) is 35.1 Å². The van der Waals surface area contributed by atoms with Crippen LogP contribution in [0, 0.1) is 11.3 Å². The number of aromatic nitrogens is 2. The van der Waals surface area contributed by atoms with E-state index in [1.807, 2.05) is 28.8 Å². The van der Waals surface area contributed by atoms with E-state index in [1.54, 1.807) is 23.1 Å². The van der Waals surface area contributed by atoms with Gasteiger partial charge in [-0.25, -0.2) is 4.98 Å². The van der Waals surface area contributed by atoms with Crippen LogP contribution >= 0.6 is 23.1 Å². The molecule has 4 rings (SSSR count). The number of fused-ring (bicyclic) bond motifs is 3. The van der Waals surface area contributed by atoms with Crippen molar-refractivity contribution in [2.75, 3.05) is 20.6 Å². The van der Waals surface area contributed by atoms with Crippen molar-refractivity contribution in [2.24, 2.45) is 0 Å². The van der Waals surface area contributed by atoms with Gasteiger partial charge >= 0.3 is 0 Å². The Kier molecular flexibility index (Phi) is 6.57. The molecule has 5 nitrogen and oxygen atoms in total. The molecule has 1 aliphatic rings. The van der Waals surface area contributed by atoms with E-state index in [-0.39, 0.29) is 5.56 Å². The Morgan fingerprint density at radius 1 is 1.30 bits per heavy atom. The third kappa shape index (κ3) is 4.46. The molecule has 0 radical (unpaired) electrons. The molecule has 0 bridgehead atoms. The standard InChI is InChI=1S/C23H26N4OS2/c1-26(2)11-6-12-27-22(28)20-18-9-3-4-10-19(18)30-21(20)25-23(27)29-15-17-8-5-7-16(13-17)14-24/h5,7-8,13H,3-4,6,9-12,15H2,1-2H3. The molecule has 0 unspecified atom stereocenters. The lowest BCUT2D eigenvalue weighted by Gasteiger charge is -2.15. The van der Waals surface area contributed by atoms with Gasteiger partial charge in [0.05, 0.1) is 17.0 Å². The van der Waals surface area contributed by atoms with Gasteiger partial charge in [0, 0.05) is 17.2 Å². The van der Waals surface area contributed by atoms with Gasteiger partial charge in [-0.3, -0.25) is 9.36 Å². The van der Waals surface area contributed by atoms with Crippen LogP contribution in [0.1, 0.15) is 40.8 Å². The summed E-state index contributed by atoms with van der Waals surface area (Å²) in [7, 11) is 4.11. The van der Waals surface area contributed by atoms with Crippen LogP contribution in [0.5, 0.6) is 0 Å². The average Bonchev–Trinajstić information content (AvgIpc) is 3.12. The van der Waals surface area contributed by atoms with Gasteiger partial charge in [0.15, 0.2) is 5.16 Å². The van der Waals surface area contributed by atoms with Crippen LogP contribution in [0.15, 0.2) is 34.2 Å². The van der Waals surface area contributed by atoms with Crippen molar-refractivity contribution in [1.29, 1.82) is 5.26 Å². The molecule has 7 heteroatoms. The zero-order chi connectivity index (χ0) is 21.1. The van der Waals surface area contributed by atoms with E-state index in [2.05, 4.69) is 25.1 Å². The molecule has 0 amide bonds. The van der Waals surface area contributed by atoms with E-state index in [4.69, 9.17) is 10.2 Å². The van der Waals surface area contributed by atoms with Crippen LogP contribution < -0.4 is 5.56 Å². The minimum absolute atomic E-state index is 0.117. The van der Waals surface area contributed by atoms with Crippen LogP contribution in [0.2, 0.25) is 0 Å². The van der Waals surface area contributed by atoms with Gasteiger partial charge in [0.2, 0.25) is 0 Å². The highest BCUT2D eigenvalue weighted by Crippen LogP contribution is 2.35. The number of benzene rings is 1. The maximum atomic E-state index is 13.5. The molecule has 2 aromatic heterocycles. The molecule has 0 atom stereocenters. The van der Waals surface area contributed by atoms with Crippen molar-refractivity contribution in [2.45, 2.75) is 49.6 Å². The number of aryl methyl sites for hydroxylation is 2. The summed E-state index contributed by atoms with van der Waals surface area (Å²) in [6.07, 6.45) is 5.33. The zero-order valence-electron chi connectivity index (χ0n) is 17.5. The Hall–Kier alpha value is -2.14. The summed E-state index contributed by atoms with van der Waals surface area (Å²) in [5.74, 6) is 0.687. The average molecular weight is 439 g/mol. The lowest BCUT2D eigenvalue weighted by atomic mass is 9.97. The molecular formula is C23H26N4OS2. The lowest BCUT2D eigenvalue weighted by Crippen LogP contribution is -2.25. The van der Waals surface area contributed by atoms with Crippen molar-refractivity contribution < 1.29 is 0 Å². The number of rotatable bonds is 7. The maximum Gasteiger partial charge on any atom is 0.263 e. The summed E-state index contributed by atoms with van der Waals surface area (Å²) in [5, 5.41) is 10.8. The van der Waals surface area contributed by atoms with E-state index < -0.39 is 0 Å². The van der Waals surface area contributed by atoms with Gasteiger partial charge in [-0.15, -0.1) is 11.3 Å².